The second-order valence-electron chi connectivity index (χ2n) is 7.15. The maximum Gasteiger partial charge on any atom is 0.298 e. The van der Waals surface area contributed by atoms with Crippen LogP contribution in [0.2, 0.25) is 0 Å². The molecule has 0 aromatic heterocycles. The molecule has 0 aliphatic carbocycles. The Kier molecular flexibility index (Phi) is 13.9. The molecular weight excluding hydrogens is 300 g/mol. The third kappa shape index (κ3) is 7.87. The van der Waals surface area contributed by atoms with Crippen molar-refractivity contribution < 1.29 is 9.22 Å². The molecule has 0 N–H and O–H groups in total. The van der Waals surface area contributed by atoms with Crippen LogP contribution in [0.25, 0.3) is 0 Å². The first-order chi connectivity index (χ1) is 11.1. The SMILES string of the molecule is CCCCCCC(CCC)C(CC)(CCCCCC)C(=O)O[SiH3]. The molecule has 2 atom stereocenters. The van der Waals surface area contributed by atoms with Gasteiger partial charge in [0.1, 0.15) is 0 Å². The summed E-state index contributed by atoms with van der Waals surface area (Å²) in [6, 6.07) is 0. The van der Waals surface area contributed by atoms with Gasteiger partial charge in [0.25, 0.3) is 5.97 Å². The lowest BCUT2D eigenvalue weighted by Gasteiger charge is -2.38. The molecule has 0 aliphatic rings. The second kappa shape index (κ2) is 14.1. The van der Waals surface area contributed by atoms with Crippen molar-refractivity contribution >= 4 is 16.5 Å². The van der Waals surface area contributed by atoms with Crippen molar-refractivity contribution in [3.05, 3.63) is 0 Å². The second-order valence-corrected chi connectivity index (χ2v) is 7.56. The van der Waals surface area contributed by atoms with E-state index in [0.29, 0.717) is 16.4 Å². The first-order valence-corrected chi connectivity index (χ1v) is 11.0. The third-order valence-corrected chi connectivity index (χ3v) is 5.89. The summed E-state index contributed by atoms with van der Waals surface area (Å²) in [6.45, 7) is 8.95. The summed E-state index contributed by atoms with van der Waals surface area (Å²) >= 11 is 0. The topological polar surface area (TPSA) is 26.3 Å². The van der Waals surface area contributed by atoms with E-state index >= 15 is 0 Å². The van der Waals surface area contributed by atoms with Crippen molar-refractivity contribution in [1.82, 2.24) is 0 Å². The number of hydrogen-bond donors (Lipinski definition) is 0. The molecule has 2 nitrogen and oxygen atoms in total. The van der Waals surface area contributed by atoms with Gasteiger partial charge in [-0.1, -0.05) is 85.5 Å². The molecule has 0 aromatic rings. The largest absolute Gasteiger partial charge is 0.528 e. The standard InChI is InChI=1S/C20H42O2Si/c1-5-9-11-13-16-18(15-7-3)20(8-4,19(21)22-23)17-14-12-10-6-2/h18H,5-17H2,1-4,23H3. The van der Waals surface area contributed by atoms with E-state index in [-0.39, 0.29) is 11.4 Å². The third-order valence-electron chi connectivity index (χ3n) is 5.52. The van der Waals surface area contributed by atoms with Crippen molar-refractivity contribution in [2.24, 2.45) is 11.3 Å². The zero-order valence-corrected chi connectivity index (χ0v) is 18.6. The molecule has 0 spiro atoms. The Labute approximate surface area is 148 Å². The van der Waals surface area contributed by atoms with E-state index in [1.54, 1.807) is 0 Å². The minimum Gasteiger partial charge on any atom is -0.528 e. The van der Waals surface area contributed by atoms with Crippen LogP contribution in [0.1, 0.15) is 111 Å². The first kappa shape index (κ1) is 22.7. The summed E-state index contributed by atoms with van der Waals surface area (Å²) in [5.41, 5.74) is -0.211. The lowest BCUT2D eigenvalue weighted by atomic mass is 9.66. The molecular formula is C20H42O2Si. The average Bonchev–Trinajstić information content (AvgIpc) is 2.58. The van der Waals surface area contributed by atoms with E-state index in [0.717, 1.165) is 12.8 Å². The van der Waals surface area contributed by atoms with Crippen LogP contribution in [-0.4, -0.2) is 16.5 Å². The molecule has 3 heteroatoms. The van der Waals surface area contributed by atoms with Crippen LogP contribution in [0, 0.1) is 11.3 Å². The van der Waals surface area contributed by atoms with Crippen LogP contribution < -0.4 is 0 Å². The van der Waals surface area contributed by atoms with Gasteiger partial charge in [0, 0.05) is 0 Å². The van der Waals surface area contributed by atoms with Crippen LogP contribution in [0.4, 0.5) is 0 Å². The van der Waals surface area contributed by atoms with Crippen molar-refractivity contribution in [3.63, 3.8) is 0 Å². The maximum atomic E-state index is 12.7. The molecule has 0 fully saturated rings. The fourth-order valence-electron chi connectivity index (χ4n) is 4.02. The zero-order chi connectivity index (χ0) is 17.6. The minimum atomic E-state index is -0.211. The summed E-state index contributed by atoms with van der Waals surface area (Å²) in [5, 5.41) is 0. The molecule has 0 amide bonds. The molecule has 23 heavy (non-hydrogen) atoms. The molecule has 2 unspecified atom stereocenters. The van der Waals surface area contributed by atoms with Crippen LogP contribution in [0.3, 0.4) is 0 Å². The summed E-state index contributed by atoms with van der Waals surface area (Å²) in [4.78, 5) is 12.7. The highest BCUT2D eigenvalue weighted by atomic mass is 28.2. The van der Waals surface area contributed by atoms with Crippen molar-refractivity contribution in [3.8, 4) is 0 Å². The van der Waals surface area contributed by atoms with Gasteiger partial charge in [-0.05, 0) is 31.6 Å². The van der Waals surface area contributed by atoms with Gasteiger partial charge >= 0.3 is 0 Å². The van der Waals surface area contributed by atoms with Gasteiger partial charge in [0.05, 0.1) is 5.41 Å². The Bertz CT molecular complexity index is 293. The van der Waals surface area contributed by atoms with Gasteiger partial charge in [0.2, 0.25) is 10.5 Å². The normalized spacial score (nSPS) is 15.3. The monoisotopic (exact) mass is 342 g/mol. The fraction of sp³-hybridized carbons (Fsp3) is 0.950. The van der Waals surface area contributed by atoms with Crippen molar-refractivity contribution in [2.75, 3.05) is 0 Å². The summed E-state index contributed by atoms with van der Waals surface area (Å²) in [6.07, 6.45) is 15.6. The molecule has 138 valence electrons. The molecule has 0 heterocycles. The van der Waals surface area contributed by atoms with E-state index in [1.165, 1.54) is 70.6 Å². The number of hydrogen-bond acceptors (Lipinski definition) is 2. The van der Waals surface area contributed by atoms with Gasteiger partial charge in [-0.25, -0.2) is 0 Å². The van der Waals surface area contributed by atoms with Crippen LogP contribution in [0.15, 0.2) is 0 Å². The number of unbranched alkanes of at least 4 members (excludes halogenated alkanes) is 6. The molecule has 0 rings (SSSR count). The highest BCUT2D eigenvalue weighted by Gasteiger charge is 2.43. The van der Waals surface area contributed by atoms with Gasteiger partial charge in [0.15, 0.2) is 0 Å². The summed E-state index contributed by atoms with van der Waals surface area (Å²) < 4.78 is 5.42. The first-order valence-electron chi connectivity index (χ1n) is 10.2. The van der Waals surface area contributed by atoms with Crippen LogP contribution in [0.5, 0.6) is 0 Å². The number of carbonyl (C=O) groups excluding carboxylic acids is 1. The highest BCUT2D eigenvalue weighted by molar-refractivity contribution is 6.06. The Morgan fingerprint density at radius 3 is 1.96 bits per heavy atom. The zero-order valence-electron chi connectivity index (χ0n) is 16.6. The smallest absolute Gasteiger partial charge is 0.298 e. The predicted octanol–water partition coefficient (Wildman–Crippen LogP) is 5.56. The fourth-order valence-corrected chi connectivity index (χ4v) is 4.42. The quantitative estimate of drug-likeness (QED) is 0.287. The Morgan fingerprint density at radius 1 is 0.870 bits per heavy atom. The van der Waals surface area contributed by atoms with Crippen molar-refractivity contribution in [2.45, 2.75) is 111 Å². The molecule has 0 saturated heterocycles. The minimum absolute atomic E-state index is 0.108. The Balaban J connectivity index is 4.99. The molecule has 0 bridgehead atoms. The summed E-state index contributed by atoms with van der Waals surface area (Å²) in [5.74, 6) is 0.620. The van der Waals surface area contributed by atoms with Gasteiger partial charge in [-0.2, -0.15) is 0 Å². The van der Waals surface area contributed by atoms with E-state index in [9.17, 15) is 4.79 Å². The van der Waals surface area contributed by atoms with Crippen molar-refractivity contribution in [1.29, 1.82) is 0 Å². The van der Waals surface area contributed by atoms with Gasteiger partial charge in [-0.15, -0.1) is 0 Å². The molecule has 0 radical (unpaired) electrons. The predicted molar refractivity (Wildman–Crippen MR) is 105 cm³/mol. The van der Waals surface area contributed by atoms with E-state index in [1.807, 2.05) is 0 Å². The highest BCUT2D eigenvalue weighted by Crippen LogP contribution is 2.43. The van der Waals surface area contributed by atoms with Gasteiger partial charge in [-0.3, -0.25) is 4.79 Å². The molecule has 0 saturated carbocycles. The lowest BCUT2D eigenvalue weighted by Crippen LogP contribution is -2.39. The Hall–Kier alpha value is -0.313. The van der Waals surface area contributed by atoms with E-state index in [2.05, 4.69) is 27.7 Å². The number of rotatable bonds is 15. The van der Waals surface area contributed by atoms with E-state index in [4.69, 9.17) is 4.43 Å². The van der Waals surface area contributed by atoms with Crippen LogP contribution >= 0.6 is 0 Å². The van der Waals surface area contributed by atoms with Gasteiger partial charge < -0.3 is 4.43 Å². The lowest BCUT2D eigenvalue weighted by molar-refractivity contribution is -0.151. The number of carbonyl (C=O) groups is 1. The average molecular weight is 343 g/mol. The molecule has 0 aromatic carbocycles. The molecule has 0 aliphatic heterocycles. The maximum absolute atomic E-state index is 12.7. The van der Waals surface area contributed by atoms with E-state index < -0.39 is 0 Å². The Morgan fingerprint density at radius 2 is 1.48 bits per heavy atom. The van der Waals surface area contributed by atoms with Crippen LogP contribution in [-0.2, 0) is 9.22 Å². The summed E-state index contributed by atoms with van der Waals surface area (Å²) in [7, 11) is 0.525.